The van der Waals surface area contributed by atoms with Crippen molar-refractivity contribution in [3.63, 3.8) is 0 Å². The third-order valence-corrected chi connectivity index (χ3v) is 2.92. The maximum atomic E-state index is 11.5. The van der Waals surface area contributed by atoms with E-state index in [0.717, 1.165) is 0 Å². The number of carbonyl (C=O) groups is 1. The second kappa shape index (κ2) is 3.49. The molecule has 14 heavy (non-hydrogen) atoms. The molecule has 0 radical (unpaired) electrons. The predicted octanol–water partition coefficient (Wildman–Crippen LogP) is -0.992. The standard InChI is InChI=1S/C9H16N2O3/c1-13-8(12)9(10)2-6-4-14-5-7(3-9)11-6/h6-7,11H,2-5,10H2,1H3. The number of nitrogens with one attached hydrogen (secondary N) is 1. The first kappa shape index (κ1) is 9.89. The van der Waals surface area contributed by atoms with Crippen LogP contribution in [0.3, 0.4) is 0 Å². The Labute approximate surface area is 82.9 Å². The van der Waals surface area contributed by atoms with Gasteiger partial charge in [-0.1, -0.05) is 0 Å². The lowest BCUT2D eigenvalue weighted by atomic mass is 9.81. The van der Waals surface area contributed by atoms with Crippen LogP contribution in [0, 0.1) is 0 Å². The van der Waals surface area contributed by atoms with Gasteiger partial charge in [0.2, 0.25) is 0 Å². The summed E-state index contributed by atoms with van der Waals surface area (Å²) in [7, 11) is 1.38. The lowest BCUT2D eigenvalue weighted by Gasteiger charge is -2.43. The smallest absolute Gasteiger partial charge is 0.325 e. The molecule has 3 N–H and O–H groups in total. The molecule has 5 heteroatoms. The molecule has 80 valence electrons. The van der Waals surface area contributed by atoms with Crippen molar-refractivity contribution in [2.45, 2.75) is 30.5 Å². The second-order valence-electron chi connectivity index (χ2n) is 4.15. The second-order valence-corrected chi connectivity index (χ2v) is 4.15. The first-order valence-corrected chi connectivity index (χ1v) is 4.85. The van der Waals surface area contributed by atoms with Crippen molar-refractivity contribution in [1.29, 1.82) is 0 Å². The van der Waals surface area contributed by atoms with Gasteiger partial charge in [0.05, 0.1) is 20.3 Å². The maximum Gasteiger partial charge on any atom is 0.325 e. The SMILES string of the molecule is COC(=O)C1(N)CC2COCC(C1)N2. The molecule has 0 saturated carbocycles. The zero-order chi connectivity index (χ0) is 10.2. The number of hydrogen-bond donors (Lipinski definition) is 2. The van der Waals surface area contributed by atoms with Gasteiger partial charge in [0, 0.05) is 12.1 Å². The number of esters is 1. The summed E-state index contributed by atoms with van der Waals surface area (Å²) in [5, 5.41) is 3.37. The van der Waals surface area contributed by atoms with Crippen molar-refractivity contribution < 1.29 is 14.3 Å². The van der Waals surface area contributed by atoms with Crippen LogP contribution in [-0.4, -0.2) is 43.9 Å². The highest BCUT2D eigenvalue weighted by molar-refractivity contribution is 5.80. The van der Waals surface area contributed by atoms with E-state index in [0.29, 0.717) is 26.1 Å². The number of nitrogens with two attached hydrogens (primary N) is 1. The highest BCUT2D eigenvalue weighted by atomic mass is 16.5. The van der Waals surface area contributed by atoms with E-state index < -0.39 is 5.54 Å². The Morgan fingerprint density at radius 3 is 2.57 bits per heavy atom. The van der Waals surface area contributed by atoms with Gasteiger partial charge in [-0.05, 0) is 12.8 Å². The summed E-state index contributed by atoms with van der Waals surface area (Å²) < 4.78 is 10.1. The summed E-state index contributed by atoms with van der Waals surface area (Å²) in [4.78, 5) is 11.5. The van der Waals surface area contributed by atoms with Crippen LogP contribution >= 0.6 is 0 Å². The van der Waals surface area contributed by atoms with Gasteiger partial charge in [0.1, 0.15) is 5.54 Å². The van der Waals surface area contributed by atoms with Crippen LogP contribution in [0.25, 0.3) is 0 Å². The van der Waals surface area contributed by atoms with Gasteiger partial charge < -0.3 is 20.5 Å². The van der Waals surface area contributed by atoms with Crippen LogP contribution in [0.5, 0.6) is 0 Å². The van der Waals surface area contributed by atoms with Crippen molar-refractivity contribution in [2.75, 3.05) is 20.3 Å². The van der Waals surface area contributed by atoms with E-state index in [9.17, 15) is 4.79 Å². The summed E-state index contributed by atoms with van der Waals surface area (Å²) in [6, 6.07) is 0.373. The van der Waals surface area contributed by atoms with Crippen molar-refractivity contribution >= 4 is 5.97 Å². The van der Waals surface area contributed by atoms with Crippen LogP contribution < -0.4 is 11.1 Å². The molecular formula is C9H16N2O3. The predicted molar refractivity (Wildman–Crippen MR) is 49.7 cm³/mol. The average molecular weight is 200 g/mol. The molecule has 2 bridgehead atoms. The molecule has 2 heterocycles. The highest BCUT2D eigenvalue weighted by Gasteiger charge is 2.45. The third kappa shape index (κ3) is 1.63. The molecule has 2 fully saturated rings. The lowest BCUT2D eigenvalue weighted by molar-refractivity contribution is -0.150. The molecular weight excluding hydrogens is 184 g/mol. The van der Waals surface area contributed by atoms with E-state index >= 15 is 0 Å². The molecule has 2 saturated heterocycles. The topological polar surface area (TPSA) is 73.6 Å². The van der Waals surface area contributed by atoms with E-state index in [2.05, 4.69) is 5.32 Å². The number of morpholine rings is 1. The first-order chi connectivity index (χ1) is 6.64. The Balaban J connectivity index is 2.10. The Morgan fingerprint density at radius 1 is 1.50 bits per heavy atom. The van der Waals surface area contributed by atoms with Crippen molar-refractivity contribution in [3.8, 4) is 0 Å². The van der Waals surface area contributed by atoms with E-state index in [-0.39, 0.29) is 18.1 Å². The summed E-state index contributed by atoms with van der Waals surface area (Å²) in [5.74, 6) is -0.309. The summed E-state index contributed by atoms with van der Waals surface area (Å²) in [6.45, 7) is 1.26. The van der Waals surface area contributed by atoms with E-state index in [1.807, 2.05) is 0 Å². The zero-order valence-corrected chi connectivity index (χ0v) is 8.29. The minimum Gasteiger partial charge on any atom is -0.468 e. The normalized spacial score (nSPS) is 41.9. The van der Waals surface area contributed by atoms with Gasteiger partial charge >= 0.3 is 5.97 Å². The lowest BCUT2D eigenvalue weighted by Crippen LogP contribution is -2.65. The molecule has 5 nitrogen and oxygen atoms in total. The molecule has 2 atom stereocenters. The van der Waals surface area contributed by atoms with Crippen LogP contribution in [0.1, 0.15) is 12.8 Å². The number of ether oxygens (including phenoxy) is 2. The molecule has 2 unspecified atom stereocenters. The van der Waals surface area contributed by atoms with E-state index in [4.69, 9.17) is 15.2 Å². The monoisotopic (exact) mass is 200 g/mol. The number of carbonyl (C=O) groups excluding carboxylic acids is 1. The number of rotatable bonds is 1. The Morgan fingerprint density at radius 2 is 2.07 bits per heavy atom. The van der Waals surface area contributed by atoms with Crippen LogP contribution in [0.4, 0.5) is 0 Å². The number of fused-ring (bicyclic) bond motifs is 2. The molecule has 0 amide bonds. The van der Waals surface area contributed by atoms with Gasteiger partial charge in [0.15, 0.2) is 0 Å². The molecule has 2 aliphatic heterocycles. The van der Waals surface area contributed by atoms with Crippen LogP contribution in [-0.2, 0) is 14.3 Å². The van der Waals surface area contributed by atoms with Gasteiger partial charge in [-0.2, -0.15) is 0 Å². The molecule has 2 aliphatic rings. The number of methoxy groups -OCH3 is 1. The quantitative estimate of drug-likeness (QED) is 0.531. The number of hydrogen-bond acceptors (Lipinski definition) is 5. The molecule has 0 aromatic heterocycles. The fraction of sp³-hybridized carbons (Fsp3) is 0.889. The van der Waals surface area contributed by atoms with Gasteiger partial charge in [0.25, 0.3) is 0 Å². The largest absolute Gasteiger partial charge is 0.468 e. The minimum absolute atomic E-state index is 0.187. The Hall–Kier alpha value is -0.650. The van der Waals surface area contributed by atoms with Gasteiger partial charge in [-0.25, -0.2) is 0 Å². The van der Waals surface area contributed by atoms with Crippen molar-refractivity contribution in [2.24, 2.45) is 5.73 Å². The van der Waals surface area contributed by atoms with Crippen molar-refractivity contribution in [3.05, 3.63) is 0 Å². The Kier molecular flexibility index (Phi) is 2.47. The number of piperidine rings is 1. The third-order valence-electron chi connectivity index (χ3n) is 2.92. The average Bonchev–Trinajstić information content (AvgIpc) is 2.15. The molecule has 0 aromatic carbocycles. The highest BCUT2D eigenvalue weighted by Crippen LogP contribution is 2.26. The fourth-order valence-corrected chi connectivity index (χ4v) is 2.35. The van der Waals surface area contributed by atoms with E-state index in [1.165, 1.54) is 7.11 Å². The molecule has 0 spiro atoms. The summed E-state index contributed by atoms with van der Waals surface area (Å²) in [6.07, 6.45) is 1.19. The van der Waals surface area contributed by atoms with Gasteiger partial charge in [-0.15, -0.1) is 0 Å². The summed E-state index contributed by atoms with van der Waals surface area (Å²) >= 11 is 0. The van der Waals surface area contributed by atoms with Crippen molar-refractivity contribution in [1.82, 2.24) is 5.32 Å². The maximum absolute atomic E-state index is 11.5. The molecule has 0 aliphatic carbocycles. The van der Waals surface area contributed by atoms with Crippen LogP contribution in [0.2, 0.25) is 0 Å². The van der Waals surface area contributed by atoms with E-state index in [1.54, 1.807) is 0 Å². The first-order valence-electron chi connectivity index (χ1n) is 4.85. The van der Waals surface area contributed by atoms with Crippen LogP contribution in [0.15, 0.2) is 0 Å². The molecule has 2 rings (SSSR count). The summed E-state index contributed by atoms with van der Waals surface area (Å²) in [5.41, 5.74) is 5.21. The molecule has 0 aromatic rings. The zero-order valence-electron chi connectivity index (χ0n) is 8.29. The fourth-order valence-electron chi connectivity index (χ4n) is 2.35. The Bertz CT molecular complexity index is 232. The van der Waals surface area contributed by atoms with Gasteiger partial charge in [-0.3, -0.25) is 4.79 Å². The minimum atomic E-state index is -0.820.